The first-order valence-corrected chi connectivity index (χ1v) is 7.41. The smallest absolute Gasteiger partial charge is 0.407 e. The molecule has 0 rings (SSSR count). The third kappa shape index (κ3) is 9.15. The summed E-state index contributed by atoms with van der Waals surface area (Å²) < 4.78 is 5.21. The zero-order valence-electron chi connectivity index (χ0n) is 14.0. The molecule has 0 aliphatic heterocycles. The monoisotopic (exact) mass is 288 g/mol. The van der Waals surface area contributed by atoms with E-state index in [1.807, 2.05) is 27.7 Å². The van der Waals surface area contributed by atoms with E-state index in [1.54, 1.807) is 13.8 Å². The summed E-state index contributed by atoms with van der Waals surface area (Å²) in [6, 6.07) is 0.0634. The van der Waals surface area contributed by atoms with Crippen LogP contribution in [0.15, 0.2) is 0 Å². The summed E-state index contributed by atoms with van der Waals surface area (Å²) in [6.07, 6.45) is 1.53. The van der Waals surface area contributed by atoms with E-state index < -0.39 is 17.3 Å². The highest BCUT2D eigenvalue weighted by Crippen LogP contribution is 2.10. The summed E-state index contributed by atoms with van der Waals surface area (Å²) in [4.78, 5) is 11.6. The van der Waals surface area contributed by atoms with Crippen molar-refractivity contribution < 1.29 is 14.6 Å². The van der Waals surface area contributed by atoms with Crippen molar-refractivity contribution in [3.05, 3.63) is 0 Å². The average Bonchev–Trinajstić information content (AvgIpc) is 2.22. The van der Waals surface area contributed by atoms with Gasteiger partial charge in [0.1, 0.15) is 5.60 Å². The summed E-state index contributed by atoms with van der Waals surface area (Å²) >= 11 is 0. The molecule has 0 heterocycles. The number of carbonyl (C=O) groups excluding carboxylic acids is 1. The summed E-state index contributed by atoms with van der Waals surface area (Å²) in [5.41, 5.74) is -1.28. The predicted molar refractivity (Wildman–Crippen MR) is 81.8 cm³/mol. The van der Waals surface area contributed by atoms with Crippen molar-refractivity contribution in [3.63, 3.8) is 0 Å². The Bertz CT molecular complexity index is 292. The maximum absolute atomic E-state index is 11.6. The van der Waals surface area contributed by atoms with E-state index in [2.05, 4.69) is 17.6 Å². The van der Waals surface area contributed by atoms with E-state index in [0.29, 0.717) is 6.54 Å². The van der Waals surface area contributed by atoms with Crippen LogP contribution in [0.2, 0.25) is 0 Å². The van der Waals surface area contributed by atoms with Crippen molar-refractivity contribution in [3.8, 4) is 0 Å². The quantitative estimate of drug-likeness (QED) is 0.673. The van der Waals surface area contributed by atoms with Gasteiger partial charge in [-0.15, -0.1) is 0 Å². The maximum Gasteiger partial charge on any atom is 0.407 e. The van der Waals surface area contributed by atoms with E-state index in [9.17, 15) is 9.90 Å². The molecule has 120 valence electrons. The molecule has 5 nitrogen and oxygen atoms in total. The van der Waals surface area contributed by atoms with Gasteiger partial charge in [0.25, 0.3) is 0 Å². The Labute approximate surface area is 123 Å². The second-order valence-electron chi connectivity index (χ2n) is 6.91. The number of amides is 1. The molecule has 0 aromatic heterocycles. The summed E-state index contributed by atoms with van der Waals surface area (Å²) in [5.74, 6) is 0. The summed E-state index contributed by atoms with van der Waals surface area (Å²) in [5, 5.41) is 16.1. The molecule has 0 aromatic carbocycles. The van der Waals surface area contributed by atoms with Crippen LogP contribution in [0.5, 0.6) is 0 Å². The summed E-state index contributed by atoms with van der Waals surface area (Å²) in [6.45, 7) is 13.6. The second kappa shape index (κ2) is 7.84. The fourth-order valence-corrected chi connectivity index (χ4v) is 1.67. The van der Waals surface area contributed by atoms with Crippen LogP contribution in [0.1, 0.15) is 61.3 Å². The standard InChI is InChI=1S/C15H32N2O3/c1-8-9-12(17-11(2)15(6,7)19)10-16-13(18)20-14(3,4)5/h11-12,17,19H,8-10H2,1-7H3,(H,16,18). The lowest BCUT2D eigenvalue weighted by Crippen LogP contribution is -2.52. The molecule has 0 aromatic rings. The number of hydrogen-bond donors (Lipinski definition) is 3. The number of rotatable bonds is 7. The topological polar surface area (TPSA) is 70.6 Å². The Morgan fingerprint density at radius 3 is 2.20 bits per heavy atom. The minimum absolute atomic E-state index is 0.0560. The fourth-order valence-electron chi connectivity index (χ4n) is 1.67. The molecule has 3 N–H and O–H groups in total. The highest BCUT2D eigenvalue weighted by molar-refractivity contribution is 5.67. The Hall–Kier alpha value is -0.810. The minimum atomic E-state index is -0.794. The van der Waals surface area contributed by atoms with Gasteiger partial charge < -0.3 is 20.5 Å². The lowest BCUT2D eigenvalue weighted by atomic mass is 9.99. The first-order valence-electron chi connectivity index (χ1n) is 7.41. The number of ether oxygens (including phenoxy) is 1. The van der Waals surface area contributed by atoms with E-state index in [-0.39, 0.29) is 12.1 Å². The van der Waals surface area contributed by atoms with Gasteiger partial charge in [0.15, 0.2) is 0 Å². The van der Waals surface area contributed by atoms with Crippen molar-refractivity contribution >= 4 is 6.09 Å². The number of nitrogens with one attached hydrogen (secondary N) is 2. The van der Waals surface area contributed by atoms with E-state index in [0.717, 1.165) is 12.8 Å². The van der Waals surface area contributed by atoms with Gasteiger partial charge in [-0.3, -0.25) is 0 Å². The fraction of sp³-hybridized carbons (Fsp3) is 0.933. The lowest BCUT2D eigenvalue weighted by Gasteiger charge is -2.31. The van der Waals surface area contributed by atoms with Crippen molar-refractivity contribution in [1.29, 1.82) is 0 Å². The van der Waals surface area contributed by atoms with Crippen LogP contribution in [0.4, 0.5) is 4.79 Å². The Kier molecular flexibility index (Phi) is 7.52. The van der Waals surface area contributed by atoms with Gasteiger partial charge in [-0.2, -0.15) is 0 Å². The van der Waals surface area contributed by atoms with E-state index in [4.69, 9.17) is 4.74 Å². The third-order valence-electron chi connectivity index (χ3n) is 3.07. The van der Waals surface area contributed by atoms with Gasteiger partial charge in [-0.25, -0.2) is 4.79 Å². The van der Waals surface area contributed by atoms with Gasteiger partial charge in [-0.1, -0.05) is 13.3 Å². The first kappa shape index (κ1) is 19.2. The molecule has 20 heavy (non-hydrogen) atoms. The van der Waals surface area contributed by atoms with Crippen molar-refractivity contribution in [2.45, 2.75) is 84.6 Å². The first-order chi connectivity index (χ1) is 8.95. The maximum atomic E-state index is 11.6. The number of carbonyl (C=O) groups is 1. The molecule has 0 aliphatic carbocycles. The number of hydrogen-bond acceptors (Lipinski definition) is 4. The molecule has 0 bridgehead atoms. The molecule has 0 saturated heterocycles. The molecule has 5 heteroatoms. The Morgan fingerprint density at radius 1 is 1.25 bits per heavy atom. The zero-order valence-corrected chi connectivity index (χ0v) is 14.0. The van der Waals surface area contributed by atoms with Crippen LogP contribution in [0.25, 0.3) is 0 Å². The third-order valence-corrected chi connectivity index (χ3v) is 3.07. The second-order valence-corrected chi connectivity index (χ2v) is 6.91. The van der Waals surface area contributed by atoms with Crippen LogP contribution in [0, 0.1) is 0 Å². The van der Waals surface area contributed by atoms with Crippen molar-refractivity contribution in [2.75, 3.05) is 6.54 Å². The van der Waals surface area contributed by atoms with Gasteiger partial charge in [0.2, 0.25) is 0 Å². The van der Waals surface area contributed by atoms with Crippen LogP contribution in [-0.2, 0) is 4.74 Å². The Morgan fingerprint density at radius 2 is 1.80 bits per heavy atom. The molecule has 0 saturated carbocycles. The molecule has 0 aliphatic rings. The highest BCUT2D eigenvalue weighted by atomic mass is 16.6. The lowest BCUT2D eigenvalue weighted by molar-refractivity contribution is 0.0379. The van der Waals surface area contributed by atoms with Crippen LogP contribution in [-0.4, -0.2) is 41.0 Å². The molecular formula is C15H32N2O3. The molecule has 0 spiro atoms. The van der Waals surface area contributed by atoms with E-state index >= 15 is 0 Å². The molecular weight excluding hydrogens is 256 g/mol. The van der Waals surface area contributed by atoms with E-state index in [1.165, 1.54) is 0 Å². The van der Waals surface area contributed by atoms with Gasteiger partial charge in [0, 0.05) is 18.6 Å². The zero-order chi connectivity index (χ0) is 16.0. The minimum Gasteiger partial charge on any atom is -0.444 e. The molecule has 0 radical (unpaired) electrons. The van der Waals surface area contributed by atoms with Gasteiger partial charge in [-0.05, 0) is 48.0 Å². The molecule has 0 fully saturated rings. The van der Waals surface area contributed by atoms with Crippen molar-refractivity contribution in [1.82, 2.24) is 10.6 Å². The van der Waals surface area contributed by atoms with Gasteiger partial charge >= 0.3 is 6.09 Å². The highest BCUT2D eigenvalue weighted by Gasteiger charge is 2.25. The summed E-state index contributed by atoms with van der Waals surface area (Å²) in [7, 11) is 0. The van der Waals surface area contributed by atoms with Crippen LogP contribution in [0.3, 0.4) is 0 Å². The number of alkyl carbamates (subject to hydrolysis) is 1. The molecule has 2 unspecified atom stereocenters. The van der Waals surface area contributed by atoms with Crippen LogP contribution >= 0.6 is 0 Å². The SMILES string of the molecule is CCCC(CNC(=O)OC(C)(C)C)NC(C)C(C)(C)O. The Balaban J connectivity index is 4.31. The van der Waals surface area contributed by atoms with Crippen molar-refractivity contribution in [2.24, 2.45) is 0 Å². The average molecular weight is 288 g/mol. The number of aliphatic hydroxyl groups is 1. The van der Waals surface area contributed by atoms with Gasteiger partial charge in [0.05, 0.1) is 5.60 Å². The molecule has 1 amide bonds. The molecule has 2 atom stereocenters. The normalized spacial score (nSPS) is 15.6. The predicted octanol–water partition coefficient (Wildman–Crippen LogP) is 2.43. The van der Waals surface area contributed by atoms with Crippen LogP contribution < -0.4 is 10.6 Å². The largest absolute Gasteiger partial charge is 0.444 e.